The lowest BCUT2D eigenvalue weighted by molar-refractivity contribution is 0.102. The van der Waals surface area contributed by atoms with E-state index < -0.39 is 21.6 Å². The van der Waals surface area contributed by atoms with E-state index >= 15 is 0 Å². The maximum absolute atomic E-state index is 13.3. The third-order valence-corrected chi connectivity index (χ3v) is 4.25. The number of carbonyl (C=O) groups excluding carboxylic acids is 1. The van der Waals surface area contributed by atoms with Gasteiger partial charge >= 0.3 is 0 Å². The van der Waals surface area contributed by atoms with Crippen LogP contribution in [-0.2, 0) is 9.84 Å². The van der Waals surface area contributed by atoms with Crippen molar-refractivity contribution in [1.82, 2.24) is 0 Å². The summed E-state index contributed by atoms with van der Waals surface area (Å²) in [5.74, 6) is -1.53. The minimum atomic E-state index is -3.70. The molecule has 0 radical (unpaired) electrons. The molecular weight excluding hydrogens is 333 g/mol. The molecular formula is C16H10FN3O3S. The van der Waals surface area contributed by atoms with E-state index in [1.165, 1.54) is 18.2 Å². The zero-order valence-corrected chi connectivity index (χ0v) is 13.2. The summed E-state index contributed by atoms with van der Waals surface area (Å²) in [5.41, 5.74) is -0.231. The second-order valence-corrected chi connectivity index (χ2v) is 6.84. The molecule has 2 aromatic carbocycles. The standard InChI is InChI=1S/C16H10FN3O3S/c1-24(22,23)15-5-2-10(8-18)6-13(15)16(21)20-12-3-4-14(17)11(7-12)9-19/h2-7H,1H3,(H,20,21). The van der Waals surface area contributed by atoms with Crippen LogP contribution in [0.4, 0.5) is 10.1 Å². The lowest BCUT2D eigenvalue weighted by Gasteiger charge is -2.10. The van der Waals surface area contributed by atoms with Crippen LogP contribution >= 0.6 is 0 Å². The van der Waals surface area contributed by atoms with Gasteiger partial charge < -0.3 is 5.32 Å². The third kappa shape index (κ3) is 3.57. The summed E-state index contributed by atoms with van der Waals surface area (Å²) in [7, 11) is -3.70. The van der Waals surface area contributed by atoms with E-state index in [1.807, 2.05) is 6.07 Å². The van der Waals surface area contributed by atoms with E-state index in [2.05, 4.69) is 5.32 Å². The van der Waals surface area contributed by atoms with Crippen molar-refractivity contribution in [3.63, 3.8) is 0 Å². The number of nitrogens with one attached hydrogen (secondary N) is 1. The van der Waals surface area contributed by atoms with Crippen molar-refractivity contribution in [1.29, 1.82) is 10.5 Å². The highest BCUT2D eigenvalue weighted by molar-refractivity contribution is 7.90. The van der Waals surface area contributed by atoms with Gasteiger partial charge in [-0.2, -0.15) is 10.5 Å². The van der Waals surface area contributed by atoms with Gasteiger partial charge in [0.2, 0.25) is 0 Å². The number of nitrogens with zero attached hydrogens (tertiary/aromatic N) is 2. The molecule has 0 aliphatic carbocycles. The molecule has 1 N–H and O–H groups in total. The molecule has 6 nitrogen and oxygen atoms in total. The highest BCUT2D eigenvalue weighted by Gasteiger charge is 2.20. The number of nitriles is 2. The summed E-state index contributed by atoms with van der Waals surface area (Å²) in [6.45, 7) is 0. The van der Waals surface area contributed by atoms with Gasteiger partial charge in [-0.15, -0.1) is 0 Å². The molecule has 0 aliphatic heterocycles. The number of halogens is 1. The Morgan fingerprint density at radius 2 is 1.83 bits per heavy atom. The quantitative estimate of drug-likeness (QED) is 0.918. The monoisotopic (exact) mass is 343 g/mol. The lowest BCUT2D eigenvalue weighted by Crippen LogP contribution is -2.16. The molecule has 0 unspecified atom stereocenters. The van der Waals surface area contributed by atoms with Crippen LogP contribution in [0.2, 0.25) is 0 Å². The number of amides is 1. The van der Waals surface area contributed by atoms with Crippen molar-refractivity contribution < 1.29 is 17.6 Å². The number of rotatable bonds is 3. The Morgan fingerprint density at radius 1 is 1.12 bits per heavy atom. The van der Waals surface area contributed by atoms with E-state index in [4.69, 9.17) is 10.5 Å². The molecule has 0 spiro atoms. The van der Waals surface area contributed by atoms with Crippen LogP contribution in [0.3, 0.4) is 0 Å². The number of hydrogen-bond donors (Lipinski definition) is 1. The van der Waals surface area contributed by atoms with Crippen LogP contribution in [0.15, 0.2) is 41.3 Å². The summed E-state index contributed by atoms with van der Waals surface area (Å²) < 4.78 is 36.9. The third-order valence-electron chi connectivity index (χ3n) is 3.10. The fourth-order valence-electron chi connectivity index (χ4n) is 1.99. The molecule has 0 fully saturated rings. The first-order valence-corrected chi connectivity index (χ1v) is 8.40. The maximum Gasteiger partial charge on any atom is 0.257 e. The smallest absolute Gasteiger partial charge is 0.257 e. The molecule has 0 atom stereocenters. The topological polar surface area (TPSA) is 111 Å². The predicted molar refractivity (Wildman–Crippen MR) is 83.3 cm³/mol. The largest absolute Gasteiger partial charge is 0.322 e. The summed E-state index contributed by atoms with van der Waals surface area (Å²) in [6.07, 6.45) is 0.941. The molecule has 1 amide bonds. The Balaban J connectivity index is 2.47. The molecule has 0 aromatic heterocycles. The van der Waals surface area contributed by atoms with Crippen LogP contribution < -0.4 is 5.32 Å². The van der Waals surface area contributed by atoms with Gasteiger partial charge in [-0.05, 0) is 36.4 Å². The zero-order valence-electron chi connectivity index (χ0n) is 12.4. The van der Waals surface area contributed by atoms with Crippen molar-refractivity contribution in [3.8, 4) is 12.1 Å². The Hall–Kier alpha value is -3.23. The number of carbonyl (C=O) groups is 1. The second-order valence-electron chi connectivity index (χ2n) is 4.86. The first-order valence-electron chi connectivity index (χ1n) is 6.51. The summed E-state index contributed by atoms with van der Waals surface area (Å²) in [6, 6.07) is 10.5. The van der Waals surface area contributed by atoms with Crippen LogP contribution in [0.25, 0.3) is 0 Å². The highest BCUT2D eigenvalue weighted by atomic mass is 32.2. The van der Waals surface area contributed by atoms with E-state index in [1.54, 1.807) is 6.07 Å². The zero-order chi connectivity index (χ0) is 17.9. The van der Waals surface area contributed by atoms with E-state index in [-0.39, 0.29) is 27.3 Å². The molecule has 24 heavy (non-hydrogen) atoms. The predicted octanol–water partition coefficient (Wildman–Crippen LogP) is 2.22. The van der Waals surface area contributed by atoms with Crippen LogP contribution in [0.1, 0.15) is 21.5 Å². The number of anilines is 1. The van der Waals surface area contributed by atoms with Gasteiger partial charge in [0.1, 0.15) is 11.9 Å². The van der Waals surface area contributed by atoms with Gasteiger partial charge in [0.05, 0.1) is 27.7 Å². The van der Waals surface area contributed by atoms with E-state index in [0.717, 1.165) is 24.5 Å². The molecule has 0 saturated heterocycles. The van der Waals surface area contributed by atoms with Crippen LogP contribution in [0.5, 0.6) is 0 Å². The average molecular weight is 343 g/mol. The number of sulfone groups is 1. The minimum Gasteiger partial charge on any atom is -0.322 e. The Bertz CT molecular complexity index is 1020. The van der Waals surface area contributed by atoms with Crippen molar-refractivity contribution in [3.05, 3.63) is 58.9 Å². The normalized spacial score (nSPS) is 10.5. The van der Waals surface area contributed by atoms with E-state index in [9.17, 15) is 17.6 Å². The van der Waals surface area contributed by atoms with Crippen molar-refractivity contribution in [2.45, 2.75) is 4.90 Å². The second kappa shape index (κ2) is 6.49. The fraction of sp³-hybridized carbons (Fsp3) is 0.0625. The van der Waals surface area contributed by atoms with Gasteiger partial charge in [-0.1, -0.05) is 0 Å². The van der Waals surface area contributed by atoms with Gasteiger partial charge in [0.25, 0.3) is 5.91 Å². The van der Waals surface area contributed by atoms with Crippen LogP contribution in [0, 0.1) is 28.5 Å². The van der Waals surface area contributed by atoms with Crippen molar-refractivity contribution >= 4 is 21.4 Å². The van der Waals surface area contributed by atoms with Gasteiger partial charge in [0, 0.05) is 11.9 Å². The molecule has 0 aliphatic rings. The van der Waals surface area contributed by atoms with Crippen molar-refractivity contribution in [2.24, 2.45) is 0 Å². The molecule has 8 heteroatoms. The minimum absolute atomic E-state index is 0.115. The lowest BCUT2D eigenvalue weighted by atomic mass is 10.1. The van der Waals surface area contributed by atoms with Crippen molar-refractivity contribution in [2.75, 3.05) is 11.6 Å². The molecule has 2 rings (SSSR count). The Morgan fingerprint density at radius 3 is 2.42 bits per heavy atom. The molecule has 2 aromatic rings. The highest BCUT2D eigenvalue weighted by Crippen LogP contribution is 2.20. The Kier molecular flexibility index (Phi) is 4.63. The average Bonchev–Trinajstić information content (AvgIpc) is 2.55. The SMILES string of the molecule is CS(=O)(=O)c1ccc(C#N)cc1C(=O)Nc1ccc(F)c(C#N)c1. The molecule has 0 bridgehead atoms. The first kappa shape index (κ1) is 17.1. The number of benzene rings is 2. The molecule has 0 heterocycles. The van der Waals surface area contributed by atoms with Crippen LogP contribution in [-0.4, -0.2) is 20.6 Å². The molecule has 120 valence electrons. The van der Waals surface area contributed by atoms with Gasteiger partial charge in [0.15, 0.2) is 9.84 Å². The fourth-order valence-corrected chi connectivity index (χ4v) is 2.85. The van der Waals surface area contributed by atoms with Gasteiger partial charge in [-0.3, -0.25) is 4.79 Å². The summed E-state index contributed by atoms with van der Waals surface area (Å²) >= 11 is 0. The number of hydrogen-bond acceptors (Lipinski definition) is 5. The first-order chi connectivity index (χ1) is 11.3. The van der Waals surface area contributed by atoms with Gasteiger partial charge in [-0.25, -0.2) is 12.8 Å². The maximum atomic E-state index is 13.3. The van der Waals surface area contributed by atoms with E-state index in [0.29, 0.717) is 0 Å². The summed E-state index contributed by atoms with van der Waals surface area (Å²) in [4.78, 5) is 12.1. The Labute approximate surface area is 137 Å². The molecule has 0 saturated carbocycles. The summed E-state index contributed by atoms with van der Waals surface area (Å²) in [5, 5.41) is 20.1.